The van der Waals surface area contributed by atoms with Crippen LogP contribution in [0.4, 0.5) is 4.79 Å². The Bertz CT molecular complexity index is 373. The lowest BCUT2D eigenvalue weighted by Gasteiger charge is -2.11. The quantitative estimate of drug-likeness (QED) is 0.848. The van der Waals surface area contributed by atoms with E-state index >= 15 is 0 Å². The fraction of sp³-hybridized carbons (Fsp3) is 0.800. The Balaban J connectivity index is 1.92. The van der Waals surface area contributed by atoms with Gasteiger partial charge in [-0.25, -0.2) is 9.48 Å². The number of rotatable bonds is 4. The van der Waals surface area contributed by atoms with E-state index < -0.39 is 6.09 Å². The molecule has 7 nitrogen and oxygen atoms in total. The predicted molar refractivity (Wildman–Crippen MR) is 59.2 cm³/mol. The zero-order valence-electron chi connectivity index (χ0n) is 9.93. The summed E-state index contributed by atoms with van der Waals surface area (Å²) in [5.74, 6) is 0.685. The number of amides is 1. The van der Waals surface area contributed by atoms with Gasteiger partial charge in [-0.3, -0.25) is 0 Å². The van der Waals surface area contributed by atoms with E-state index in [2.05, 4.69) is 20.8 Å². The summed E-state index contributed by atoms with van der Waals surface area (Å²) in [5.41, 5.74) is 0. The molecule has 0 unspecified atom stereocenters. The van der Waals surface area contributed by atoms with Gasteiger partial charge in [-0.05, 0) is 30.2 Å². The number of hydrogen-bond acceptors (Lipinski definition) is 5. The Labute approximate surface area is 99.5 Å². The van der Waals surface area contributed by atoms with Crippen molar-refractivity contribution < 1.29 is 9.53 Å². The average Bonchev–Trinajstić information content (AvgIpc) is 2.97. The van der Waals surface area contributed by atoms with Gasteiger partial charge in [-0.15, -0.1) is 5.10 Å². The van der Waals surface area contributed by atoms with Crippen molar-refractivity contribution in [2.45, 2.75) is 45.2 Å². The molecule has 7 heteroatoms. The van der Waals surface area contributed by atoms with Crippen LogP contribution in [0.2, 0.25) is 0 Å². The number of tetrazole rings is 1. The van der Waals surface area contributed by atoms with Gasteiger partial charge in [0.1, 0.15) is 0 Å². The number of hydrogen-bond donors (Lipinski definition) is 1. The minimum Gasteiger partial charge on any atom is -0.450 e. The Hall–Kier alpha value is -1.66. The Kier molecular flexibility index (Phi) is 3.89. The van der Waals surface area contributed by atoms with Crippen LogP contribution in [0.1, 0.15) is 44.5 Å². The molecular weight excluding hydrogens is 222 g/mol. The normalized spacial score (nSPS) is 16.1. The number of nitrogens with one attached hydrogen (secondary N) is 1. The van der Waals surface area contributed by atoms with Gasteiger partial charge < -0.3 is 10.1 Å². The van der Waals surface area contributed by atoms with Gasteiger partial charge in [-0.2, -0.15) is 0 Å². The van der Waals surface area contributed by atoms with Crippen LogP contribution < -0.4 is 5.32 Å². The van der Waals surface area contributed by atoms with Gasteiger partial charge in [0.2, 0.25) is 0 Å². The first-order chi connectivity index (χ1) is 8.31. The van der Waals surface area contributed by atoms with E-state index in [-0.39, 0.29) is 0 Å². The predicted octanol–water partition coefficient (Wildman–Crippen LogP) is 1.03. The maximum Gasteiger partial charge on any atom is 0.407 e. The van der Waals surface area contributed by atoms with Crippen LogP contribution in [0.3, 0.4) is 0 Å². The summed E-state index contributed by atoms with van der Waals surface area (Å²) in [5, 5.41) is 14.2. The highest BCUT2D eigenvalue weighted by atomic mass is 16.5. The van der Waals surface area contributed by atoms with Crippen LogP contribution in [0.25, 0.3) is 0 Å². The second-order valence-corrected chi connectivity index (χ2v) is 4.05. The van der Waals surface area contributed by atoms with E-state index in [1.165, 1.54) is 12.8 Å². The van der Waals surface area contributed by atoms with Crippen LogP contribution in [-0.4, -0.2) is 32.9 Å². The third-order valence-electron chi connectivity index (χ3n) is 2.90. The molecule has 1 aliphatic rings. The number of nitrogens with zero attached hydrogens (tertiary/aromatic N) is 4. The van der Waals surface area contributed by atoms with Gasteiger partial charge in [0.05, 0.1) is 19.2 Å². The zero-order chi connectivity index (χ0) is 12.1. The van der Waals surface area contributed by atoms with Gasteiger partial charge in [0.15, 0.2) is 5.82 Å². The first kappa shape index (κ1) is 11.8. The van der Waals surface area contributed by atoms with Gasteiger partial charge in [0.25, 0.3) is 0 Å². The Morgan fingerprint density at radius 1 is 1.53 bits per heavy atom. The van der Waals surface area contributed by atoms with E-state index in [9.17, 15) is 4.79 Å². The molecule has 1 aromatic heterocycles. The minimum atomic E-state index is -0.437. The van der Waals surface area contributed by atoms with Crippen molar-refractivity contribution in [3.63, 3.8) is 0 Å². The molecule has 1 aromatic rings. The molecule has 0 saturated heterocycles. The van der Waals surface area contributed by atoms with Crippen molar-refractivity contribution >= 4 is 6.09 Å². The monoisotopic (exact) mass is 239 g/mol. The molecule has 94 valence electrons. The second kappa shape index (κ2) is 5.60. The zero-order valence-corrected chi connectivity index (χ0v) is 9.93. The number of ether oxygens (including phenoxy) is 1. The fourth-order valence-corrected chi connectivity index (χ4v) is 2.09. The standard InChI is InChI=1S/C10H17N5O2/c1-2-17-10(16)11-7-9-12-13-14-15(9)8-5-3-4-6-8/h8H,2-7H2,1H3,(H,11,16). The highest BCUT2D eigenvalue weighted by Crippen LogP contribution is 2.28. The van der Waals surface area contributed by atoms with Gasteiger partial charge >= 0.3 is 6.09 Å². The Morgan fingerprint density at radius 3 is 3.00 bits per heavy atom. The minimum absolute atomic E-state index is 0.308. The molecule has 1 heterocycles. The van der Waals surface area contributed by atoms with Gasteiger partial charge in [-0.1, -0.05) is 12.8 Å². The molecular formula is C10H17N5O2. The van der Waals surface area contributed by atoms with E-state index in [1.54, 1.807) is 6.92 Å². The smallest absolute Gasteiger partial charge is 0.407 e. The molecule has 1 aliphatic carbocycles. The number of carbonyl (C=O) groups excluding carboxylic acids is 1. The number of carbonyl (C=O) groups is 1. The lowest BCUT2D eigenvalue weighted by atomic mass is 10.2. The van der Waals surface area contributed by atoms with E-state index in [1.807, 2.05) is 4.68 Å². The molecule has 1 fully saturated rings. The molecule has 0 aromatic carbocycles. The maximum absolute atomic E-state index is 11.2. The lowest BCUT2D eigenvalue weighted by Crippen LogP contribution is -2.26. The summed E-state index contributed by atoms with van der Waals surface area (Å²) in [4.78, 5) is 11.2. The van der Waals surface area contributed by atoms with Crippen molar-refractivity contribution in [1.82, 2.24) is 25.5 Å². The lowest BCUT2D eigenvalue weighted by molar-refractivity contribution is 0.151. The largest absolute Gasteiger partial charge is 0.450 e. The maximum atomic E-state index is 11.2. The van der Waals surface area contributed by atoms with E-state index in [0.29, 0.717) is 25.0 Å². The first-order valence-corrected chi connectivity index (χ1v) is 5.98. The molecule has 17 heavy (non-hydrogen) atoms. The topological polar surface area (TPSA) is 81.9 Å². The third-order valence-corrected chi connectivity index (χ3v) is 2.90. The highest BCUT2D eigenvalue weighted by molar-refractivity contribution is 5.66. The summed E-state index contributed by atoms with van der Waals surface area (Å²) in [6.45, 7) is 2.43. The number of alkyl carbamates (subject to hydrolysis) is 1. The summed E-state index contributed by atoms with van der Waals surface area (Å²) < 4.78 is 6.60. The van der Waals surface area contributed by atoms with Crippen LogP contribution in [-0.2, 0) is 11.3 Å². The van der Waals surface area contributed by atoms with Crippen molar-refractivity contribution in [3.8, 4) is 0 Å². The fourth-order valence-electron chi connectivity index (χ4n) is 2.09. The van der Waals surface area contributed by atoms with E-state index in [4.69, 9.17) is 4.74 Å². The highest BCUT2D eigenvalue weighted by Gasteiger charge is 2.21. The molecule has 1 saturated carbocycles. The molecule has 1 amide bonds. The van der Waals surface area contributed by atoms with Crippen LogP contribution >= 0.6 is 0 Å². The summed E-state index contributed by atoms with van der Waals surface area (Å²) >= 11 is 0. The van der Waals surface area contributed by atoms with Crippen LogP contribution in [0, 0.1) is 0 Å². The van der Waals surface area contributed by atoms with Crippen molar-refractivity contribution in [2.75, 3.05) is 6.61 Å². The first-order valence-electron chi connectivity index (χ1n) is 5.98. The Morgan fingerprint density at radius 2 is 2.29 bits per heavy atom. The van der Waals surface area contributed by atoms with Crippen molar-refractivity contribution in [3.05, 3.63) is 5.82 Å². The molecule has 0 atom stereocenters. The summed E-state index contributed by atoms with van der Waals surface area (Å²) in [6, 6.07) is 0.379. The molecule has 2 rings (SSSR count). The SMILES string of the molecule is CCOC(=O)NCc1nnnn1C1CCCC1. The van der Waals surface area contributed by atoms with E-state index in [0.717, 1.165) is 12.8 Å². The van der Waals surface area contributed by atoms with Crippen LogP contribution in [0.15, 0.2) is 0 Å². The van der Waals surface area contributed by atoms with Crippen molar-refractivity contribution in [2.24, 2.45) is 0 Å². The summed E-state index contributed by atoms with van der Waals surface area (Å²) in [6.07, 6.45) is 4.22. The molecule has 0 aliphatic heterocycles. The number of aromatic nitrogens is 4. The molecule has 1 N–H and O–H groups in total. The van der Waals surface area contributed by atoms with Crippen molar-refractivity contribution in [1.29, 1.82) is 0 Å². The van der Waals surface area contributed by atoms with Crippen LogP contribution in [0.5, 0.6) is 0 Å². The molecule has 0 spiro atoms. The molecule has 0 radical (unpaired) electrons. The average molecular weight is 239 g/mol. The summed E-state index contributed by atoms with van der Waals surface area (Å²) in [7, 11) is 0. The molecule has 0 bridgehead atoms. The second-order valence-electron chi connectivity index (χ2n) is 4.05. The third kappa shape index (κ3) is 2.92. The van der Waals surface area contributed by atoms with Gasteiger partial charge in [0, 0.05) is 0 Å².